The maximum atomic E-state index is 12.6. The molecule has 1 aromatic carbocycles. The standard InChI is InChI=1S/C16H26N2O/c1-4-7-12-18(6-3)15(5-2)16(19)13-8-10-14(17)11-9-13/h8-11,15H,4-7,12,17H2,1-3H3. The molecule has 0 heterocycles. The summed E-state index contributed by atoms with van der Waals surface area (Å²) >= 11 is 0. The lowest BCUT2D eigenvalue weighted by Gasteiger charge is -2.28. The molecule has 0 bridgehead atoms. The highest BCUT2D eigenvalue weighted by molar-refractivity contribution is 6.00. The van der Waals surface area contributed by atoms with E-state index in [4.69, 9.17) is 5.73 Å². The molecule has 0 aromatic heterocycles. The smallest absolute Gasteiger partial charge is 0.179 e. The number of Topliss-reactive ketones (excluding diaryl/α,β-unsaturated/α-hetero) is 1. The van der Waals surface area contributed by atoms with Gasteiger partial charge < -0.3 is 5.73 Å². The monoisotopic (exact) mass is 262 g/mol. The molecule has 0 saturated carbocycles. The molecule has 0 radical (unpaired) electrons. The number of nitrogens with zero attached hydrogens (tertiary/aromatic N) is 1. The Kier molecular flexibility index (Phi) is 6.57. The number of hydrogen-bond acceptors (Lipinski definition) is 3. The molecule has 0 aliphatic heterocycles. The molecule has 0 spiro atoms. The van der Waals surface area contributed by atoms with Crippen LogP contribution in [0.5, 0.6) is 0 Å². The quantitative estimate of drug-likeness (QED) is 0.577. The van der Waals surface area contributed by atoms with Gasteiger partial charge in [-0.15, -0.1) is 0 Å². The number of unbranched alkanes of at least 4 members (excludes halogenated alkanes) is 1. The summed E-state index contributed by atoms with van der Waals surface area (Å²) in [4.78, 5) is 14.8. The van der Waals surface area contributed by atoms with Gasteiger partial charge in [0.05, 0.1) is 6.04 Å². The van der Waals surface area contributed by atoms with Gasteiger partial charge in [-0.3, -0.25) is 9.69 Å². The van der Waals surface area contributed by atoms with Crippen LogP contribution in [0.3, 0.4) is 0 Å². The average Bonchev–Trinajstić information content (AvgIpc) is 2.43. The van der Waals surface area contributed by atoms with Gasteiger partial charge in [0, 0.05) is 11.3 Å². The topological polar surface area (TPSA) is 46.3 Å². The van der Waals surface area contributed by atoms with Crippen LogP contribution in [-0.4, -0.2) is 29.8 Å². The molecule has 1 rings (SSSR count). The summed E-state index contributed by atoms with van der Waals surface area (Å²) in [6.07, 6.45) is 3.14. The van der Waals surface area contributed by atoms with Crippen molar-refractivity contribution in [1.82, 2.24) is 4.90 Å². The van der Waals surface area contributed by atoms with E-state index in [0.29, 0.717) is 5.69 Å². The normalized spacial score (nSPS) is 12.6. The van der Waals surface area contributed by atoms with E-state index in [0.717, 1.165) is 37.9 Å². The van der Waals surface area contributed by atoms with Gasteiger partial charge in [0.15, 0.2) is 5.78 Å². The average molecular weight is 262 g/mol. The van der Waals surface area contributed by atoms with Gasteiger partial charge in [-0.1, -0.05) is 27.2 Å². The molecule has 3 nitrogen and oxygen atoms in total. The summed E-state index contributed by atoms with van der Waals surface area (Å²) in [6, 6.07) is 7.23. The first kappa shape index (κ1) is 15.7. The van der Waals surface area contributed by atoms with Crippen molar-refractivity contribution in [2.24, 2.45) is 0 Å². The molecule has 0 aliphatic rings. The van der Waals surface area contributed by atoms with Crippen molar-refractivity contribution in [2.75, 3.05) is 18.8 Å². The number of benzene rings is 1. The van der Waals surface area contributed by atoms with Gasteiger partial charge in [-0.2, -0.15) is 0 Å². The first-order chi connectivity index (χ1) is 9.13. The number of likely N-dealkylation sites (N-methyl/N-ethyl adjacent to an activating group) is 1. The lowest BCUT2D eigenvalue weighted by molar-refractivity contribution is 0.0816. The van der Waals surface area contributed by atoms with E-state index in [1.165, 1.54) is 0 Å². The third-order valence-corrected chi connectivity index (χ3v) is 3.53. The van der Waals surface area contributed by atoms with E-state index in [1.807, 2.05) is 12.1 Å². The van der Waals surface area contributed by atoms with Crippen LogP contribution in [0.4, 0.5) is 5.69 Å². The van der Waals surface area contributed by atoms with E-state index in [-0.39, 0.29) is 11.8 Å². The zero-order valence-corrected chi connectivity index (χ0v) is 12.4. The van der Waals surface area contributed by atoms with Gasteiger partial charge in [-0.25, -0.2) is 0 Å². The van der Waals surface area contributed by atoms with Gasteiger partial charge in [0.2, 0.25) is 0 Å². The largest absolute Gasteiger partial charge is 0.399 e. The van der Waals surface area contributed by atoms with Crippen molar-refractivity contribution in [3.63, 3.8) is 0 Å². The molecule has 0 fully saturated rings. The predicted molar refractivity (Wildman–Crippen MR) is 81.4 cm³/mol. The third kappa shape index (κ3) is 4.35. The molecule has 3 heteroatoms. The first-order valence-corrected chi connectivity index (χ1v) is 7.27. The van der Waals surface area contributed by atoms with Crippen molar-refractivity contribution in [2.45, 2.75) is 46.1 Å². The molecule has 1 unspecified atom stereocenters. The zero-order chi connectivity index (χ0) is 14.3. The number of nitrogen functional groups attached to an aromatic ring is 1. The molecule has 1 aromatic rings. The number of rotatable bonds is 8. The van der Waals surface area contributed by atoms with E-state index in [9.17, 15) is 4.79 Å². The number of anilines is 1. The zero-order valence-electron chi connectivity index (χ0n) is 12.4. The Balaban J connectivity index is 2.82. The molecule has 19 heavy (non-hydrogen) atoms. The Morgan fingerprint density at radius 3 is 2.32 bits per heavy atom. The molecule has 106 valence electrons. The lowest BCUT2D eigenvalue weighted by atomic mass is 10.00. The fourth-order valence-corrected chi connectivity index (χ4v) is 2.34. The second-order valence-electron chi connectivity index (χ2n) is 4.89. The SMILES string of the molecule is CCCCN(CC)C(CC)C(=O)c1ccc(N)cc1. The summed E-state index contributed by atoms with van der Waals surface area (Å²) in [5.41, 5.74) is 7.12. The Labute approximate surface area is 116 Å². The molecule has 0 aliphatic carbocycles. The van der Waals surface area contributed by atoms with Crippen LogP contribution >= 0.6 is 0 Å². The minimum absolute atomic E-state index is 0.0137. The molecular formula is C16H26N2O. The summed E-state index contributed by atoms with van der Waals surface area (Å²) in [5.74, 6) is 0.209. The minimum Gasteiger partial charge on any atom is -0.399 e. The van der Waals surface area contributed by atoms with Crippen LogP contribution in [0.1, 0.15) is 50.4 Å². The van der Waals surface area contributed by atoms with Gasteiger partial charge in [0.25, 0.3) is 0 Å². The van der Waals surface area contributed by atoms with E-state index < -0.39 is 0 Å². The predicted octanol–water partition coefficient (Wildman–Crippen LogP) is 3.35. The summed E-state index contributed by atoms with van der Waals surface area (Å²) in [6.45, 7) is 8.28. The number of nitrogens with two attached hydrogens (primary N) is 1. The van der Waals surface area contributed by atoms with Gasteiger partial charge in [0.1, 0.15) is 0 Å². The molecule has 1 atom stereocenters. The minimum atomic E-state index is -0.0137. The maximum Gasteiger partial charge on any atom is 0.179 e. The van der Waals surface area contributed by atoms with E-state index >= 15 is 0 Å². The fraction of sp³-hybridized carbons (Fsp3) is 0.562. The van der Waals surface area contributed by atoms with E-state index in [2.05, 4.69) is 25.7 Å². The highest BCUT2D eigenvalue weighted by Gasteiger charge is 2.23. The summed E-state index contributed by atoms with van der Waals surface area (Å²) in [7, 11) is 0. The Hall–Kier alpha value is -1.35. The number of hydrogen-bond donors (Lipinski definition) is 1. The number of ketones is 1. The lowest BCUT2D eigenvalue weighted by Crippen LogP contribution is -2.41. The van der Waals surface area contributed by atoms with Crippen LogP contribution in [0.2, 0.25) is 0 Å². The highest BCUT2D eigenvalue weighted by atomic mass is 16.1. The van der Waals surface area contributed by atoms with Crippen molar-refractivity contribution >= 4 is 11.5 Å². The van der Waals surface area contributed by atoms with Gasteiger partial charge in [-0.05, 0) is 50.2 Å². The van der Waals surface area contributed by atoms with Crippen molar-refractivity contribution in [3.05, 3.63) is 29.8 Å². The van der Waals surface area contributed by atoms with Crippen LogP contribution in [0, 0.1) is 0 Å². The Morgan fingerprint density at radius 1 is 1.21 bits per heavy atom. The highest BCUT2D eigenvalue weighted by Crippen LogP contribution is 2.15. The Bertz CT molecular complexity index is 386. The second-order valence-corrected chi connectivity index (χ2v) is 4.89. The van der Waals surface area contributed by atoms with Crippen LogP contribution in [-0.2, 0) is 0 Å². The van der Waals surface area contributed by atoms with Crippen molar-refractivity contribution in [3.8, 4) is 0 Å². The molecule has 0 saturated heterocycles. The molecule has 0 amide bonds. The van der Waals surface area contributed by atoms with Crippen LogP contribution in [0.25, 0.3) is 0 Å². The van der Waals surface area contributed by atoms with Crippen LogP contribution in [0.15, 0.2) is 24.3 Å². The van der Waals surface area contributed by atoms with Crippen molar-refractivity contribution < 1.29 is 4.79 Å². The first-order valence-electron chi connectivity index (χ1n) is 7.27. The van der Waals surface area contributed by atoms with Gasteiger partial charge >= 0.3 is 0 Å². The second kappa shape index (κ2) is 7.95. The Morgan fingerprint density at radius 2 is 1.84 bits per heavy atom. The van der Waals surface area contributed by atoms with Crippen LogP contribution < -0.4 is 5.73 Å². The summed E-state index contributed by atoms with van der Waals surface area (Å²) < 4.78 is 0. The molecular weight excluding hydrogens is 236 g/mol. The van der Waals surface area contributed by atoms with E-state index in [1.54, 1.807) is 12.1 Å². The number of carbonyl (C=O) groups is 1. The maximum absolute atomic E-state index is 12.6. The van der Waals surface area contributed by atoms with Crippen molar-refractivity contribution in [1.29, 1.82) is 0 Å². The molecule has 2 N–H and O–H groups in total. The number of carbonyl (C=O) groups excluding carboxylic acids is 1. The fourth-order valence-electron chi connectivity index (χ4n) is 2.34. The third-order valence-electron chi connectivity index (χ3n) is 3.53. The summed E-state index contributed by atoms with van der Waals surface area (Å²) in [5, 5.41) is 0.